The van der Waals surface area contributed by atoms with E-state index in [2.05, 4.69) is 15.6 Å². The molecule has 0 unspecified atom stereocenters. The Morgan fingerprint density at radius 1 is 1.17 bits per heavy atom. The van der Waals surface area contributed by atoms with Crippen molar-refractivity contribution in [1.82, 2.24) is 5.32 Å². The minimum Gasteiger partial charge on any atom is -0.494 e. The van der Waals surface area contributed by atoms with Gasteiger partial charge < -0.3 is 20.1 Å². The van der Waals surface area contributed by atoms with Crippen molar-refractivity contribution in [2.45, 2.75) is 18.6 Å². The van der Waals surface area contributed by atoms with Gasteiger partial charge in [-0.2, -0.15) is 0 Å². The predicted octanol–water partition coefficient (Wildman–Crippen LogP) is 3.12. The van der Waals surface area contributed by atoms with Crippen LogP contribution in [-0.4, -0.2) is 41.9 Å². The van der Waals surface area contributed by atoms with E-state index in [9.17, 15) is 14.4 Å². The third kappa shape index (κ3) is 5.38. The Hall–Kier alpha value is -3.33. The van der Waals surface area contributed by atoms with E-state index in [0.717, 1.165) is 5.75 Å². The van der Waals surface area contributed by atoms with E-state index in [0.29, 0.717) is 23.1 Å². The zero-order valence-electron chi connectivity index (χ0n) is 16.5. The number of carbonyl (C=O) groups is 3. The van der Waals surface area contributed by atoms with Crippen LogP contribution in [0.1, 0.15) is 23.7 Å². The van der Waals surface area contributed by atoms with Gasteiger partial charge in [0.25, 0.3) is 0 Å². The number of amidine groups is 1. The van der Waals surface area contributed by atoms with Gasteiger partial charge in [0.15, 0.2) is 5.17 Å². The third-order valence-corrected chi connectivity index (χ3v) is 5.21. The standard InChI is InChI=1S/C21H21N3O5S/c1-3-29-14-10-8-13(9-11-14)22-21-24-19(26)17(30-21)12-18(25)23-16-7-5-4-6-15(16)20(27)28-2/h4-11,17H,3,12H2,1-2H3,(H,23,25)(H,22,24,26)/t17-/m0/s1. The fourth-order valence-corrected chi connectivity index (χ4v) is 3.73. The average molecular weight is 427 g/mol. The van der Waals surface area contributed by atoms with Crippen molar-refractivity contribution in [2.24, 2.45) is 4.99 Å². The molecule has 0 saturated carbocycles. The molecule has 30 heavy (non-hydrogen) atoms. The van der Waals surface area contributed by atoms with Crippen molar-refractivity contribution in [3.63, 3.8) is 0 Å². The van der Waals surface area contributed by atoms with Gasteiger partial charge in [0.05, 0.1) is 30.7 Å². The quantitative estimate of drug-likeness (QED) is 0.658. The van der Waals surface area contributed by atoms with E-state index in [1.807, 2.05) is 6.92 Å². The van der Waals surface area contributed by atoms with Gasteiger partial charge in [-0.3, -0.25) is 9.59 Å². The molecule has 2 amide bonds. The van der Waals surface area contributed by atoms with Gasteiger partial charge >= 0.3 is 5.97 Å². The molecule has 8 nitrogen and oxygen atoms in total. The molecule has 0 aromatic heterocycles. The highest BCUT2D eigenvalue weighted by Gasteiger charge is 2.32. The molecule has 3 rings (SSSR count). The monoisotopic (exact) mass is 427 g/mol. The van der Waals surface area contributed by atoms with Crippen LogP contribution in [0.3, 0.4) is 0 Å². The summed E-state index contributed by atoms with van der Waals surface area (Å²) < 4.78 is 10.1. The van der Waals surface area contributed by atoms with E-state index in [1.54, 1.807) is 48.5 Å². The third-order valence-electron chi connectivity index (χ3n) is 4.13. The summed E-state index contributed by atoms with van der Waals surface area (Å²) in [4.78, 5) is 40.9. The largest absolute Gasteiger partial charge is 0.494 e. The molecule has 1 atom stereocenters. The highest BCUT2D eigenvalue weighted by molar-refractivity contribution is 8.15. The second-order valence-electron chi connectivity index (χ2n) is 6.23. The number of para-hydroxylation sites is 1. The number of thioether (sulfide) groups is 1. The zero-order valence-corrected chi connectivity index (χ0v) is 17.3. The summed E-state index contributed by atoms with van der Waals surface area (Å²) in [6.45, 7) is 2.48. The van der Waals surface area contributed by atoms with Crippen LogP contribution in [0, 0.1) is 0 Å². The molecule has 0 radical (unpaired) electrons. The van der Waals surface area contributed by atoms with Crippen molar-refractivity contribution in [3.05, 3.63) is 54.1 Å². The first kappa shape index (κ1) is 21.4. The maximum absolute atomic E-state index is 12.4. The molecule has 0 aliphatic carbocycles. The number of hydrogen-bond acceptors (Lipinski definition) is 7. The summed E-state index contributed by atoms with van der Waals surface area (Å²) in [6, 6.07) is 13.7. The zero-order chi connectivity index (χ0) is 21.5. The summed E-state index contributed by atoms with van der Waals surface area (Å²) >= 11 is 1.19. The van der Waals surface area contributed by atoms with Crippen LogP contribution < -0.4 is 15.4 Å². The SMILES string of the molecule is CCOc1ccc(N=C2NC(=O)[C@H](CC(=O)Nc3ccccc3C(=O)OC)S2)cc1. The Labute approximate surface area is 178 Å². The minimum absolute atomic E-state index is 0.0612. The lowest BCUT2D eigenvalue weighted by Gasteiger charge is -2.10. The number of anilines is 1. The van der Waals surface area contributed by atoms with Crippen molar-refractivity contribution in [3.8, 4) is 5.75 Å². The van der Waals surface area contributed by atoms with Crippen LogP contribution in [0.15, 0.2) is 53.5 Å². The molecule has 2 N–H and O–H groups in total. The number of methoxy groups -OCH3 is 1. The first-order chi connectivity index (χ1) is 14.5. The van der Waals surface area contributed by atoms with Gasteiger partial charge in [-0.25, -0.2) is 9.79 Å². The molecule has 9 heteroatoms. The normalized spacial score (nSPS) is 16.8. The smallest absolute Gasteiger partial charge is 0.339 e. The number of benzene rings is 2. The fourth-order valence-electron chi connectivity index (χ4n) is 2.74. The Morgan fingerprint density at radius 3 is 2.60 bits per heavy atom. The van der Waals surface area contributed by atoms with E-state index >= 15 is 0 Å². The number of rotatable bonds is 7. The lowest BCUT2D eigenvalue weighted by atomic mass is 10.1. The van der Waals surface area contributed by atoms with Crippen molar-refractivity contribution in [1.29, 1.82) is 0 Å². The molecule has 1 aliphatic rings. The van der Waals surface area contributed by atoms with Crippen LogP contribution in [0.25, 0.3) is 0 Å². The molecule has 1 aliphatic heterocycles. The summed E-state index contributed by atoms with van der Waals surface area (Å²) in [5.41, 5.74) is 1.24. The van der Waals surface area contributed by atoms with E-state index in [4.69, 9.17) is 9.47 Å². The van der Waals surface area contributed by atoms with Gasteiger partial charge in [-0.05, 0) is 43.3 Å². The van der Waals surface area contributed by atoms with E-state index < -0.39 is 11.2 Å². The first-order valence-electron chi connectivity index (χ1n) is 9.26. The van der Waals surface area contributed by atoms with E-state index in [-0.39, 0.29) is 23.8 Å². The van der Waals surface area contributed by atoms with Gasteiger partial charge in [0.1, 0.15) is 11.0 Å². The highest BCUT2D eigenvalue weighted by atomic mass is 32.2. The highest BCUT2D eigenvalue weighted by Crippen LogP contribution is 2.27. The number of ether oxygens (including phenoxy) is 2. The summed E-state index contributed by atoms with van der Waals surface area (Å²) in [5, 5.41) is 5.17. The number of esters is 1. The molecule has 1 saturated heterocycles. The van der Waals surface area contributed by atoms with Crippen molar-refractivity contribution < 1.29 is 23.9 Å². The van der Waals surface area contributed by atoms with Crippen LogP contribution in [0.5, 0.6) is 5.75 Å². The Morgan fingerprint density at radius 2 is 1.90 bits per heavy atom. The molecule has 2 aromatic carbocycles. The number of hydrogen-bond donors (Lipinski definition) is 2. The minimum atomic E-state index is -0.614. The molecule has 1 heterocycles. The van der Waals surface area contributed by atoms with Gasteiger partial charge in [0, 0.05) is 6.42 Å². The number of nitrogens with one attached hydrogen (secondary N) is 2. The summed E-state index contributed by atoms with van der Waals surface area (Å²) in [7, 11) is 1.27. The number of amides is 2. The van der Waals surface area contributed by atoms with Crippen molar-refractivity contribution in [2.75, 3.05) is 19.0 Å². The molecule has 156 valence electrons. The topological polar surface area (TPSA) is 106 Å². The molecular formula is C21H21N3O5S. The van der Waals surface area contributed by atoms with Crippen LogP contribution in [0.2, 0.25) is 0 Å². The number of nitrogens with zero attached hydrogens (tertiary/aromatic N) is 1. The van der Waals surface area contributed by atoms with E-state index in [1.165, 1.54) is 18.9 Å². The molecule has 0 spiro atoms. The molecule has 0 bridgehead atoms. The molecule has 1 fully saturated rings. The maximum atomic E-state index is 12.4. The Balaban J connectivity index is 1.62. The van der Waals surface area contributed by atoms with Gasteiger partial charge in [0.2, 0.25) is 11.8 Å². The first-order valence-corrected chi connectivity index (χ1v) is 10.1. The maximum Gasteiger partial charge on any atom is 0.339 e. The summed E-state index contributed by atoms with van der Waals surface area (Å²) in [5.74, 6) is -0.489. The van der Waals surface area contributed by atoms with Crippen LogP contribution in [-0.2, 0) is 14.3 Å². The lowest BCUT2D eigenvalue weighted by Crippen LogP contribution is -2.28. The predicted molar refractivity (Wildman–Crippen MR) is 115 cm³/mol. The molecular weight excluding hydrogens is 406 g/mol. The molecule has 2 aromatic rings. The summed E-state index contributed by atoms with van der Waals surface area (Å²) in [6.07, 6.45) is -0.0612. The lowest BCUT2D eigenvalue weighted by molar-refractivity contribution is -0.122. The Kier molecular flexibility index (Phi) is 7.08. The fraction of sp³-hybridized carbons (Fsp3) is 0.238. The second-order valence-corrected chi connectivity index (χ2v) is 7.42. The van der Waals surface area contributed by atoms with Gasteiger partial charge in [-0.1, -0.05) is 23.9 Å². The second kappa shape index (κ2) is 9.93. The average Bonchev–Trinajstić information content (AvgIpc) is 3.08. The number of carbonyl (C=O) groups excluding carboxylic acids is 3. The van der Waals surface area contributed by atoms with Crippen LogP contribution in [0.4, 0.5) is 11.4 Å². The van der Waals surface area contributed by atoms with Crippen molar-refractivity contribution >= 4 is 46.1 Å². The number of aliphatic imine (C=N–C) groups is 1. The Bertz CT molecular complexity index is 975. The van der Waals surface area contributed by atoms with Crippen LogP contribution >= 0.6 is 11.8 Å². The van der Waals surface area contributed by atoms with Gasteiger partial charge in [-0.15, -0.1) is 0 Å².